The minimum atomic E-state index is -0.417. The van der Waals surface area contributed by atoms with Crippen LogP contribution >= 0.6 is 0 Å². The fraction of sp³-hybridized carbons (Fsp3) is 0.950. The molecule has 0 saturated carbocycles. The van der Waals surface area contributed by atoms with Crippen molar-refractivity contribution in [2.45, 2.75) is 98.0 Å². The minimum Gasteiger partial charge on any atom is -0.444 e. The van der Waals surface area contributed by atoms with Crippen LogP contribution in [0.1, 0.15) is 92.4 Å². The van der Waals surface area contributed by atoms with Gasteiger partial charge >= 0.3 is 6.09 Å². The van der Waals surface area contributed by atoms with Crippen LogP contribution in [-0.4, -0.2) is 42.8 Å². The molecule has 0 spiro atoms. The second-order valence-corrected chi connectivity index (χ2v) is 7.64. The van der Waals surface area contributed by atoms with E-state index in [4.69, 9.17) is 4.74 Å². The van der Waals surface area contributed by atoms with Crippen molar-refractivity contribution in [2.75, 3.05) is 26.2 Å². The largest absolute Gasteiger partial charge is 0.444 e. The number of ether oxygens (including phenoxy) is 1. The van der Waals surface area contributed by atoms with E-state index in [1.165, 1.54) is 51.4 Å². The standard InChI is InChI=1S/C20H42N2O2/c1-6-8-9-10-11-12-13-14-16-21-17-15-18-22(7-2)19(23)24-20(3,4)5/h21H,6-18H2,1-5H3. The summed E-state index contributed by atoms with van der Waals surface area (Å²) in [5, 5.41) is 3.48. The van der Waals surface area contributed by atoms with E-state index in [1.807, 2.05) is 27.7 Å². The van der Waals surface area contributed by atoms with Gasteiger partial charge in [-0.25, -0.2) is 4.79 Å². The van der Waals surface area contributed by atoms with Crippen molar-refractivity contribution < 1.29 is 9.53 Å². The van der Waals surface area contributed by atoms with Crippen LogP contribution in [0.4, 0.5) is 4.79 Å². The van der Waals surface area contributed by atoms with Gasteiger partial charge in [0, 0.05) is 13.1 Å². The number of amides is 1. The number of carbonyl (C=O) groups is 1. The van der Waals surface area contributed by atoms with Crippen LogP contribution in [0.2, 0.25) is 0 Å². The van der Waals surface area contributed by atoms with Crippen LogP contribution < -0.4 is 5.32 Å². The number of carbonyl (C=O) groups excluding carboxylic acids is 1. The van der Waals surface area contributed by atoms with Gasteiger partial charge in [-0.15, -0.1) is 0 Å². The summed E-state index contributed by atoms with van der Waals surface area (Å²) < 4.78 is 5.41. The molecule has 1 amide bonds. The fourth-order valence-electron chi connectivity index (χ4n) is 2.61. The summed E-state index contributed by atoms with van der Waals surface area (Å²) in [6, 6.07) is 0. The second-order valence-electron chi connectivity index (χ2n) is 7.64. The van der Waals surface area contributed by atoms with Crippen molar-refractivity contribution in [3.05, 3.63) is 0 Å². The molecule has 4 heteroatoms. The van der Waals surface area contributed by atoms with Crippen molar-refractivity contribution in [3.63, 3.8) is 0 Å². The lowest BCUT2D eigenvalue weighted by Crippen LogP contribution is -2.38. The molecule has 0 heterocycles. The third kappa shape index (κ3) is 14.8. The van der Waals surface area contributed by atoms with Crippen LogP contribution in [0.5, 0.6) is 0 Å². The third-order valence-corrected chi connectivity index (χ3v) is 4.02. The smallest absolute Gasteiger partial charge is 0.410 e. The Kier molecular flexibility index (Phi) is 14.1. The predicted molar refractivity (Wildman–Crippen MR) is 104 cm³/mol. The highest BCUT2D eigenvalue weighted by Crippen LogP contribution is 2.10. The molecule has 0 aliphatic carbocycles. The first-order valence-corrected chi connectivity index (χ1v) is 10.1. The first-order valence-electron chi connectivity index (χ1n) is 10.1. The highest BCUT2D eigenvalue weighted by molar-refractivity contribution is 5.68. The summed E-state index contributed by atoms with van der Waals surface area (Å²) in [7, 11) is 0. The zero-order valence-electron chi connectivity index (χ0n) is 17.0. The Morgan fingerprint density at radius 2 is 1.42 bits per heavy atom. The van der Waals surface area contributed by atoms with E-state index < -0.39 is 5.60 Å². The number of nitrogens with zero attached hydrogens (tertiary/aromatic N) is 1. The number of rotatable bonds is 14. The van der Waals surface area contributed by atoms with Gasteiger partial charge in [0.15, 0.2) is 0 Å². The Balaban J connectivity index is 3.49. The number of nitrogens with one attached hydrogen (secondary N) is 1. The van der Waals surface area contributed by atoms with Crippen LogP contribution in [0.15, 0.2) is 0 Å². The fourth-order valence-corrected chi connectivity index (χ4v) is 2.61. The molecule has 4 nitrogen and oxygen atoms in total. The minimum absolute atomic E-state index is 0.201. The maximum atomic E-state index is 12.0. The molecule has 0 unspecified atom stereocenters. The monoisotopic (exact) mass is 342 g/mol. The zero-order valence-corrected chi connectivity index (χ0v) is 17.0. The zero-order chi connectivity index (χ0) is 18.3. The highest BCUT2D eigenvalue weighted by Gasteiger charge is 2.20. The molecular weight excluding hydrogens is 300 g/mol. The van der Waals surface area contributed by atoms with E-state index in [0.29, 0.717) is 6.54 Å². The van der Waals surface area contributed by atoms with Crippen LogP contribution in [0.25, 0.3) is 0 Å². The van der Waals surface area contributed by atoms with E-state index in [-0.39, 0.29) is 6.09 Å². The van der Waals surface area contributed by atoms with Gasteiger partial charge in [-0.05, 0) is 53.6 Å². The Hall–Kier alpha value is -0.770. The van der Waals surface area contributed by atoms with Crippen LogP contribution in [0, 0.1) is 0 Å². The Labute approximate surface area is 150 Å². The van der Waals surface area contributed by atoms with Gasteiger partial charge in [-0.3, -0.25) is 0 Å². The average molecular weight is 343 g/mol. The maximum Gasteiger partial charge on any atom is 0.410 e. The lowest BCUT2D eigenvalue weighted by Gasteiger charge is -2.26. The molecule has 0 rings (SSSR count). The van der Waals surface area contributed by atoms with Crippen molar-refractivity contribution >= 4 is 6.09 Å². The van der Waals surface area contributed by atoms with Crippen LogP contribution in [0.3, 0.4) is 0 Å². The predicted octanol–water partition coefficient (Wildman–Crippen LogP) is 5.36. The van der Waals surface area contributed by atoms with E-state index in [9.17, 15) is 4.79 Å². The van der Waals surface area contributed by atoms with Gasteiger partial charge < -0.3 is 15.0 Å². The molecule has 0 radical (unpaired) electrons. The molecule has 0 aliphatic heterocycles. The Morgan fingerprint density at radius 3 is 1.96 bits per heavy atom. The molecule has 1 N–H and O–H groups in total. The molecule has 0 bridgehead atoms. The summed E-state index contributed by atoms with van der Waals surface area (Å²) in [6.07, 6.45) is 11.6. The molecular formula is C20H42N2O2. The van der Waals surface area contributed by atoms with E-state index in [1.54, 1.807) is 4.90 Å². The SMILES string of the molecule is CCCCCCCCCCNCCCN(CC)C(=O)OC(C)(C)C. The van der Waals surface area contributed by atoms with Gasteiger partial charge in [-0.2, -0.15) is 0 Å². The van der Waals surface area contributed by atoms with Crippen molar-refractivity contribution in [2.24, 2.45) is 0 Å². The molecule has 24 heavy (non-hydrogen) atoms. The first-order chi connectivity index (χ1) is 11.4. The van der Waals surface area contributed by atoms with Crippen LogP contribution in [-0.2, 0) is 4.74 Å². The van der Waals surface area contributed by atoms with Crippen molar-refractivity contribution in [1.29, 1.82) is 0 Å². The maximum absolute atomic E-state index is 12.0. The summed E-state index contributed by atoms with van der Waals surface area (Å²) in [5.41, 5.74) is -0.417. The van der Waals surface area contributed by atoms with Gasteiger partial charge in [0.2, 0.25) is 0 Å². The van der Waals surface area contributed by atoms with Gasteiger partial charge in [0.25, 0.3) is 0 Å². The third-order valence-electron chi connectivity index (χ3n) is 4.02. The number of unbranched alkanes of at least 4 members (excludes halogenated alkanes) is 7. The molecule has 0 aromatic carbocycles. The Morgan fingerprint density at radius 1 is 0.875 bits per heavy atom. The average Bonchev–Trinajstić information content (AvgIpc) is 2.50. The topological polar surface area (TPSA) is 41.6 Å². The van der Waals surface area contributed by atoms with E-state index in [0.717, 1.165) is 26.1 Å². The van der Waals surface area contributed by atoms with Gasteiger partial charge in [-0.1, -0.05) is 51.9 Å². The highest BCUT2D eigenvalue weighted by atomic mass is 16.6. The van der Waals surface area contributed by atoms with E-state index >= 15 is 0 Å². The van der Waals surface area contributed by atoms with E-state index in [2.05, 4.69) is 12.2 Å². The lowest BCUT2D eigenvalue weighted by molar-refractivity contribution is 0.0258. The quantitative estimate of drug-likeness (QED) is 0.432. The molecule has 0 fully saturated rings. The number of hydrogen-bond donors (Lipinski definition) is 1. The molecule has 0 saturated heterocycles. The summed E-state index contributed by atoms with van der Waals surface area (Å²) in [6.45, 7) is 13.5. The van der Waals surface area contributed by atoms with Gasteiger partial charge in [0.1, 0.15) is 5.60 Å². The first kappa shape index (κ1) is 23.2. The normalized spacial score (nSPS) is 11.5. The molecule has 0 aromatic heterocycles. The van der Waals surface area contributed by atoms with Gasteiger partial charge in [0.05, 0.1) is 0 Å². The second kappa shape index (κ2) is 14.6. The summed E-state index contributed by atoms with van der Waals surface area (Å²) in [5.74, 6) is 0. The Bertz CT molecular complexity index is 301. The summed E-state index contributed by atoms with van der Waals surface area (Å²) >= 11 is 0. The molecule has 0 atom stereocenters. The number of hydrogen-bond acceptors (Lipinski definition) is 3. The molecule has 144 valence electrons. The molecule has 0 aliphatic rings. The molecule has 0 aromatic rings. The van der Waals surface area contributed by atoms with Crippen molar-refractivity contribution in [3.8, 4) is 0 Å². The van der Waals surface area contributed by atoms with Crippen molar-refractivity contribution in [1.82, 2.24) is 10.2 Å². The lowest BCUT2D eigenvalue weighted by atomic mass is 10.1. The summed E-state index contributed by atoms with van der Waals surface area (Å²) in [4.78, 5) is 13.8.